The quantitative estimate of drug-likeness (QED) is 0.833. The zero-order valence-corrected chi connectivity index (χ0v) is 10.5. The molecule has 17 heavy (non-hydrogen) atoms. The number of carboxylic acid groups (broad SMARTS) is 1. The molecular formula is C11H15NO4S. The van der Waals surface area contributed by atoms with E-state index in [1.165, 1.54) is 17.0 Å². The van der Waals surface area contributed by atoms with Gasteiger partial charge in [-0.25, -0.2) is 4.79 Å². The Hall–Kier alpha value is -1.40. The SMILES string of the molecule is CC(C)N(CCO)C(=O)c1ccc(C(=O)O)s1. The molecule has 0 aliphatic rings. The molecule has 6 heteroatoms. The summed E-state index contributed by atoms with van der Waals surface area (Å²) in [5, 5.41) is 17.7. The molecule has 0 bridgehead atoms. The number of carbonyl (C=O) groups is 2. The summed E-state index contributed by atoms with van der Waals surface area (Å²) < 4.78 is 0. The van der Waals surface area contributed by atoms with E-state index in [4.69, 9.17) is 10.2 Å². The van der Waals surface area contributed by atoms with Crippen LogP contribution in [-0.2, 0) is 0 Å². The molecule has 0 spiro atoms. The molecule has 0 atom stereocenters. The van der Waals surface area contributed by atoms with Gasteiger partial charge in [0, 0.05) is 12.6 Å². The Bertz CT molecular complexity index is 413. The largest absolute Gasteiger partial charge is 0.477 e. The van der Waals surface area contributed by atoms with Crippen LogP contribution in [0.1, 0.15) is 33.2 Å². The molecule has 1 aromatic rings. The predicted molar refractivity (Wildman–Crippen MR) is 64.5 cm³/mol. The molecule has 0 unspecified atom stereocenters. The zero-order valence-electron chi connectivity index (χ0n) is 9.71. The van der Waals surface area contributed by atoms with Gasteiger partial charge < -0.3 is 15.1 Å². The van der Waals surface area contributed by atoms with Crippen LogP contribution in [0.15, 0.2) is 12.1 Å². The highest BCUT2D eigenvalue weighted by molar-refractivity contribution is 7.15. The van der Waals surface area contributed by atoms with Crippen molar-refractivity contribution in [1.82, 2.24) is 4.90 Å². The van der Waals surface area contributed by atoms with E-state index in [2.05, 4.69) is 0 Å². The fourth-order valence-electron chi connectivity index (χ4n) is 1.41. The molecule has 0 fully saturated rings. The van der Waals surface area contributed by atoms with E-state index in [1.807, 2.05) is 13.8 Å². The van der Waals surface area contributed by atoms with Crippen LogP contribution in [0, 0.1) is 0 Å². The summed E-state index contributed by atoms with van der Waals surface area (Å²) in [5.74, 6) is -1.28. The number of thiophene rings is 1. The number of nitrogens with zero attached hydrogens (tertiary/aromatic N) is 1. The molecule has 0 aromatic carbocycles. The van der Waals surface area contributed by atoms with Crippen LogP contribution >= 0.6 is 11.3 Å². The molecule has 2 N–H and O–H groups in total. The Morgan fingerprint density at radius 1 is 1.35 bits per heavy atom. The fourth-order valence-corrected chi connectivity index (χ4v) is 2.21. The Kier molecular flexibility index (Phi) is 4.65. The van der Waals surface area contributed by atoms with Crippen molar-refractivity contribution in [1.29, 1.82) is 0 Å². The van der Waals surface area contributed by atoms with Gasteiger partial charge >= 0.3 is 5.97 Å². The van der Waals surface area contributed by atoms with Gasteiger partial charge in [-0.2, -0.15) is 0 Å². The molecule has 1 rings (SSSR count). The third kappa shape index (κ3) is 3.28. The minimum absolute atomic E-state index is 0.0370. The van der Waals surface area contributed by atoms with Crippen LogP contribution in [0.4, 0.5) is 0 Å². The number of carboxylic acids is 1. The van der Waals surface area contributed by atoms with Crippen molar-refractivity contribution in [3.8, 4) is 0 Å². The Morgan fingerprint density at radius 2 is 1.94 bits per heavy atom. The van der Waals surface area contributed by atoms with Gasteiger partial charge in [-0.05, 0) is 26.0 Å². The first-order valence-corrected chi connectivity index (χ1v) is 6.04. The monoisotopic (exact) mass is 257 g/mol. The summed E-state index contributed by atoms with van der Waals surface area (Å²) in [6.45, 7) is 3.83. The van der Waals surface area contributed by atoms with Crippen molar-refractivity contribution in [2.24, 2.45) is 0 Å². The molecule has 0 saturated carbocycles. The Balaban J connectivity index is 2.89. The first-order valence-electron chi connectivity index (χ1n) is 5.22. The molecule has 0 aliphatic carbocycles. The number of rotatable bonds is 5. The van der Waals surface area contributed by atoms with Gasteiger partial charge in [0.2, 0.25) is 0 Å². The predicted octanol–water partition coefficient (Wildman–Crippen LogP) is 1.29. The van der Waals surface area contributed by atoms with Crippen molar-refractivity contribution in [3.63, 3.8) is 0 Å². The van der Waals surface area contributed by atoms with Crippen molar-refractivity contribution < 1.29 is 19.8 Å². The van der Waals surface area contributed by atoms with E-state index in [0.29, 0.717) is 4.88 Å². The maximum atomic E-state index is 12.0. The smallest absolute Gasteiger partial charge is 0.345 e. The highest BCUT2D eigenvalue weighted by atomic mass is 32.1. The minimum Gasteiger partial charge on any atom is -0.477 e. The topological polar surface area (TPSA) is 77.8 Å². The van der Waals surface area contributed by atoms with Gasteiger partial charge in [-0.3, -0.25) is 4.79 Å². The number of amides is 1. The minimum atomic E-state index is -1.03. The molecular weight excluding hydrogens is 242 g/mol. The van der Waals surface area contributed by atoms with Crippen LogP contribution in [-0.4, -0.2) is 46.2 Å². The third-order valence-corrected chi connectivity index (χ3v) is 3.31. The second-order valence-electron chi connectivity index (χ2n) is 3.78. The number of aliphatic hydroxyl groups is 1. The number of hydrogen-bond acceptors (Lipinski definition) is 4. The van der Waals surface area contributed by atoms with Crippen molar-refractivity contribution in [2.45, 2.75) is 19.9 Å². The molecule has 0 radical (unpaired) electrons. The highest BCUT2D eigenvalue weighted by Crippen LogP contribution is 2.19. The first-order chi connectivity index (χ1) is 7.97. The first kappa shape index (κ1) is 13.7. The number of hydrogen-bond donors (Lipinski definition) is 2. The summed E-state index contributed by atoms with van der Waals surface area (Å²) in [7, 11) is 0. The lowest BCUT2D eigenvalue weighted by molar-refractivity contribution is 0.0669. The maximum Gasteiger partial charge on any atom is 0.345 e. The molecule has 1 heterocycles. The average molecular weight is 257 g/mol. The second kappa shape index (κ2) is 5.79. The van der Waals surface area contributed by atoms with Crippen molar-refractivity contribution in [2.75, 3.05) is 13.2 Å². The maximum absolute atomic E-state index is 12.0. The molecule has 0 aliphatic heterocycles. The van der Waals surface area contributed by atoms with Crippen molar-refractivity contribution in [3.05, 3.63) is 21.9 Å². The van der Waals surface area contributed by atoms with E-state index in [-0.39, 0.29) is 30.0 Å². The Labute approximate surface area is 103 Å². The van der Waals surface area contributed by atoms with Gasteiger partial charge in [0.15, 0.2) is 0 Å². The molecule has 1 amide bonds. The van der Waals surface area contributed by atoms with E-state index in [0.717, 1.165) is 11.3 Å². The summed E-state index contributed by atoms with van der Waals surface area (Å²) in [4.78, 5) is 24.8. The van der Waals surface area contributed by atoms with E-state index >= 15 is 0 Å². The third-order valence-electron chi connectivity index (χ3n) is 2.25. The Morgan fingerprint density at radius 3 is 2.35 bits per heavy atom. The zero-order chi connectivity index (χ0) is 13.0. The highest BCUT2D eigenvalue weighted by Gasteiger charge is 2.20. The van der Waals surface area contributed by atoms with Crippen LogP contribution in [0.3, 0.4) is 0 Å². The molecule has 94 valence electrons. The van der Waals surface area contributed by atoms with Crippen molar-refractivity contribution >= 4 is 23.2 Å². The van der Waals surface area contributed by atoms with Gasteiger partial charge in [0.05, 0.1) is 11.5 Å². The van der Waals surface area contributed by atoms with Crippen LogP contribution in [0.2, 0.25) is 0 Å². The van der Waals surface area contributed by atoms with E-state index < -0.39 is 5.97 Å². The molecule has 0 saturated heterocycles. The van der Waals surface area contributed by atoms with E-state index in [9.17, 15) is 9.59 Å². The van der Waals surface area contributed by atoms with Gasteiger partial charge in [0.25, 0.3) is 5.91 Å². The second-order valence-corrected chi connectivity index (χ2v) is 4.87. The lowest BCUT2D eigenvalue weighted by Crippen LogP contribution is -2.38. The van der Waals surface area contributed by atoms with Crippen LogP contribution < -0.4 is 0 Å². The normalized spacial score (nSPS) is 10.6. The molecule has 1 aromatic heterocycles. The summed E-state index contributed by atoms with van der Waals surface area (Å²) in [6, 6.07) is 2.88. The lowest BCUT2D eigenvalue weighted by Gasteiger charge is -2.25. The van der Waals surface area contributed by atoms with Gasteiger partial charge in [0.1, 0.15) is 4.88 Å². The average Bonchev–Trinajstić information content (AvgIpc) is 2.73. The summed E-state index contributed by atoms with van der Waals surface area (Å²) in [6.07, 6.45) is 0. The number of aromatic carboxylic acids is 1. The lowest BCUT2D eigenvalue weighted by atomic mass is 10.3. The summed E-state index contributed by atoms with van der Waals surface area (Å²) in [5.41, 5.74) is 0. The van der Waals surface area contributed by atoms with Crippen LogP contribution in [0.5, 0.6) is 0 Å². The van der Waals surface area contributed by atoms with Gasteiger partial charge in [-0.15, -0.1) is 11.3 Å². The standard InChI is InChI=1S/C11H15NO4S/c1-7(2)12(5-6-13)10(14)8-3-4-9(17-8)11(15)16/h3-4,7,13H,5-6H2,1-2H3,(H,15,16). The van der Waals surface area contributed by atoms with Gasteiger partial charge in [-0.1, -0.05) is 0 Å². The fraction of sp³-hybridized carbons (Fsp3) is 0.455. The summed E-state index contributed by atoms with van der Waals surface area (Å²) >= 11 is 0.948. The van der Waals surface area contributed by atoms with E-state index in [1.54, 1.807) is 0 Å². The molecule has 5 nitrogen and oxygen atoms in total. The number of aliphatic hydroxyl groups excluding tert-OH is 1. The van der Waals surface area contributed by atoms with Crippen LogP contribution in [0.25, 0.3) is 0 Å². The number of carbonyl (C=O) groups excluding carboxylic acids is 1.